The fourth-order valence-corrected chi connectivity index (χ4v) is 6.15. The number of nitrogens with one attached hydrogen (secondary N) is 2. The molecule has 4 N–H and O–H groups in total. The molecule has 2 aliphatic carbocycles. The van der Waals surface area contributed by atoms with E-state index in [1.165, 1.54) is 0 Å². The summed E-state index contributed by atoms with van der Waals surface area (Å²) in [5.41, 5.74) is 9.75. The topological polar surface area (TPSA) is 109 Å². The lowest BCUT2D eigenvalue weighted by Gasteiger charge is -2.29. The number of anilines is 2. The Kier molecular flexibility index (Phi) is 5.50. The first-order valence-electron chi connectivity index (χ1n) is 11.4. The Balaban J connectivity index is 1.34. The summed E-state index contributed by atoms with van der Waals surface area (Å²) >= 11 is 10.3. The molecule has 34 heavy (non-hydrogen) atoms. The number of aromatic amines is 1. The minimum absolute atomic E-state index is 0.0778. The number of halogens is 2. The van der Waals surface area contributed by atoms with Crippen molar-refractivity contribution in [3.8, 4) is 11.4 Å². The number of carbonyl (C=O) groups is 1. The van der Waals surface area contributed by atoms with E-state index in [2.05, 4.69) is 54.3 Å². The van der Waals surface area contributed by atoms with Crippen molar-refractivity contribution in [2.75, 3.05) is 36.5 Å². The van der Waals surface area contributed by atoms with Crippen molar-refractivity contribution in [3.63, 3.8) is 0 Å². The van der Waals surface area contributed by atoms with Crippen molar-refractivity contribution in [3.05, 3.63) is 46.0 Å². The van der Waals surface area contributed by atoms with Crippen LogP contribution in [0, 0.1) is 17.8 Å². The van der Waals surface area contributed by atoms with Crippen molar-refractivity contribution in [2.24, 2.45) is 23.5 Å². The standard InChI is InChI=1S/C24H24BrClN6O2/c25-16-11-28-24-21(20(16)29-19-13-2-1-12(9-13)18(19)22(27)33)30-23(31-24)15-4-3-14(10-17(15)26)32-5-7-34-8-6-32/h1-4,10-13,18-19H,5-9H2,(H2,27,33)(H2,28,29,30,31). The Hall–Kier alpha value is -2.62. The Bertz CT molecular complexity index is 1300. The fraction of sp³-hybridized carbons (Fsp3) is 0.375. The molecule has 3 aliphatic rings. The first-order valence-corrected chi connectivity index (χ1v) is 12.6. The summed E-state index contributed by atoms with van der Waals surface area (Å²) in [6.45, 7) is 3.12. The predicted molar refractivity (Wildman–Crippen MR) is 136 cm³/mol. The monoisotopic (exact) mass is 542 g/mol. The van der Waals surface area contributed by atoms with E-state index in [1.54, 1.807) is 6.20 Å². The molecule has 0 radical (unpaired) electrons. The van der Waals surface area contributed by atoms with Gasteiger partial charge in [-0.05, 0) is 52.4 Å². The first kappa shape index (κ1) is 21.9. The highest BCUT2D eigenvalue weighted by atomic mass is 79.9. The largest absolute Gasteiger partial charge is 0.378 e. The van der Waals surface area contributed by atoms with E-state index >= 15 is 0 Å². The minimum Gasteiger partial charge on any atom is -0.378 e. The van der Waals surface area contributed by atoms with Crippen LogP contribution in [0.25, 0.3) is 22.6 Å². The molecule has 10 heteroatoms. The molecule has 1 amide bonds. The van der Waals surface area contributed by atoms with E-state index in [9.17, 15) is 4.79 Å². The van der Waals surface area contributed by atoms with Gasteiger partial charge in [-0.3, -0.25) is 4.79 Å². The van der Waals surface area contributed by atoms with E-state index in [-0.39, 0.29) is 29.7 Å². The number of allylic oxidation sites excluding steroid dienone is 1. The van der Waals surface area contributed by atoms with Gasteiger partial charge in [0.05, 0.1) is 34.3 Å². The van der Waals surface area contributed by atoms with Gasteiger partial charge in [0, 0.05) is 36.6 Å². The van der Waals surface area contributed by atoms with Crippen LogP contribution >= 0.6 is 27.5 Å². The molecule has 3 aromatic rings. The summed E-state index contributed by atoms with van der Waals surface area (Å²) in [5.74, 6) is 0.575. The maximum Gasteiger partial charge on any atom is 0.223 e. The van der Waals surface area contributed by atoms with Crippen molar-refractivity contribution in [1.29, 1.82) is 0 Å². The van der Waals surface area contributed by atoms with E-state index in [0.717, 1.165) is 40.9 Å². The number of fused-ring (bicyclic) bond motifs is 3. The molecule has 3 heterocycles. The van der Waals surface area contributed by atoms with Crippen LogP contribution < -0.4 is 16.0 Å². The number of amides is 1. The second kappa shape index (κ2) is 8.55. The number of nitrogens with two attached hydrogens (primary N) is 1. The lowest BCUT2D eigenvalue weighted by Crippen LogP contribution is -2.41. The highest BCUT2D eigenvalue weighted by Crippen LogP contribution is 2.46. The number of rotatable bonds is 5. The summed E-state index contributed by atoms with van der Waals surface area (Å²) in [7, 11) is 0. The SMILES string of the molecule is NC(=O)C1C2C=CC(C2)C1Nc1c(Br)cnc2[nH]c(-c3ccc(N4CCOCC4)cc3Cl)nc12. The van der Waals surface area contributed by atoms with Crippen LogP contribution in [0.2, 0.25) is 5.02 Å². The lowest BCUT2D eigenvalue weighted by molar-refractivity contribution is -0.122. The Morgan fingerprint density at radius 1 is 1.26 bits per heavy atom. The van der Waals surface area contributed by atoms with Gasteiger partial charge in [-0.15, -0.1) is 0 Å². The molecule has 1 aliphatic heterocycles. The summed E-state index contributed by atoms with van der Waals surface area (Å²) in [4.78, 5) is 27.1. The number of hydrogen-bond donors (Lipinski definition) is 3. The number of morpholine rings is 1. The van der Waals surface area contributed by atoms with Crippen molar-refractivity contribution >= 4 is 56.0 Å². The molecule has 1 saturated carbocycles. The number of carbonyl (C=O) groups excluding carboxylic acids is 1. The molecule has 2 fully saturated rings. The number of imidazole rings is 1. The smallest absolute Gasteiger partial charge is 0.223 e. The highest BCUT2D eigenvalue weighted by molar-refractivity contribution is 9.10. The van der Waals surface area contributed by atoms with Gasteiger partial charge in [0.25, 0.3) is 0 Å². The van der Waals surface area contributed by atoms with Crippen LogP contribution in [0.4, 0.5) is 11.4 Å². The molecule has 8 nitrogen and oxygen atoms in total. The molecule has 0 spiro atoms. The summed E-state index contributed by atoms with van der Waals surface area (Å²) in [6.07, 6.45) is 6.97. The fourth-order valence-electron chi connectivity index (χ4n) is 5.48. The molecular weight excluding hydrogens is 520 g/mol. The van der Waals surface area contributed by atoms with Gasteiger partial charge in [0.1, 0.15) is 11.3 Å². The second-order valence-corrected chi connectivity index (χ2v) is 10.3. The maximum absolute atomic E-state index is 12.2. The van der Waals surface area contributed by atoms with Crippen molar-refractivity contribution in [2.45, 2.75) is 12.5 Å². The molecule has 4 atom stereocenters. The first-order chi connectivity index (χ1) is 16.5. The molecular formula is C24H24BrClN6O2. The van der Waals surface area contributed by atoms with Gasteiger partial charge in [0.15, 0.2) is 5.65 Å². The minimum atomic E-state index is -0.273. The van der Waals surface area contributed by atoms with Crippen LogP contribution in [-0.2, 0) is 9.53 Å². The highest BCUT2D eigenvalue weighted by Gasteiger charge is 2.47. The van der Waals surface area contributed by atoms with E-state index in [4.69, 9.17) is 27.1 Å². The van der Waals surface area contributed by atoms with E-state index in [1.807, 2.05) is 12.1 Å². The number of nitrogens with zero attached hydrogens (tertiary/aromatic N) is 3. The zero-order valence-electron chi connectivity index (χ0n) is 18.3. The Labute approximate surface area is 210 Å². The number of H-pyrrole nitrogens is 1. The van der Waals surface area contributed by atoms with Gasteiger partial charge in [-0.2, -0.15) is 0 Å². The van der Waals surface area contributed by atoms with Gasteiger partial charge in [-0.1, -0.05) is 23.8 Å². The van der Waals surface area contributed by atoms with Crippen LogP contribution in [-0.4, -0.2) is 53.2 Å². The third-order valence-electron chi connectivity index (χ3n) is 7.15. The molecule has 1 aromatic carbocycles. The molecule has 4 unspecified atom stereocenters. The summed E-state index contributed by atoms with van der Waals surface area (Å²) in [5, 5.41) is 4.19. The number of hydrogen-bond acceptors (Lipinski definition) is 6. The normalized spacial score (nSPS) is 25.9. The third kappa shape index (κ3) is 3.66. The van der Waals surface area contributed by atoms with Crippen LogP contribution in [0.3, 0.4) is 0 Å². The molecule has 1 saturated heterocycles. The zero-order chi connectivity index (χ0) is 23.4. The van der Waals surface area contributed by atoms with Crippen LogP contribution in [0.15, 0.2) is 41.0 Å². The molecule has 2 aromatic heterocycles. The summed E-state index contributed by atoms with van der Waals surface area (Å²) in [6, 6.07) is 5.93. The number of aromatic nitrogens is 3. The van der Waals surface area contributed by atoms with Crippen molar-refractivity contribution in [1.82, 2.24) is 15.0 Å². The Morgan fingerprint density at radius 3 is 2.82 bits per heavy atom. The van der Waals surface area contributed by atoms with Gasteiger partial charge in [-0.25, -0.2) is 9.97 Å². The lowest BCUT2D eigenvalue weighted by atomic mass is 9.88. The number of primary amides is 1. The number of ether oxygens (including phenoxy) is 1. The zero-order valence-corrected chi connectivity index (χ0v) is 20.6. The quantitative estimate of drug-likeness (QED) is 0.420. The average molecular weight is 544 g/mol. The Morgan fingerprint density at radius 2 is 2.06 bits per heavy atom. The molecule has 6 rings (SSSR count). The predicted octanol–water partition coefficient (Wildman–Crippen LogP) is 3.97. The van der Waals surface area contributed by atoms with Gasteiger partial charge in [0.2, 0.25) is 5.91 Å². The third-order valence-corrected chi connectivity index (χ3v) is 8.06. The van der Waals surface area contributed by atoms with E-state index in [0.29, 0.717) is 35.2 Å². The molecule has 176 valence electrons. The van der Waals surface area contributed by atoms with Gasteiger partial charge >= 0.3 is 0 Å². The van der Waals surface area contributed by atoms with E-state index < -0.39 is 0 Å². The average Bonchev–Trinajstić information content (AvgIpc) is 3.56. The van der Waals surface area contributed by atoms with Crippen molar-refractivity contribution < 1.29 is 9.53 Å². The van der Waals surface area contributed by atoms with Crippen LogP contribution in [0.5, 0.6) is 0 Å². The number of pyridine rings is 1. The summed E-state index contributed by atoms with van der Waals surface area (Å²) < 4.78 is 6.23. The van der Waals surface area contributed by atoms with Crippen LogP contribution in [0.1, 0.15) is 6.42 Å². The van der Waals surface area contributed by atoms with Gasteiger partial charge < -0.3 is 25.7 Å². The maximum atomic E-state index is 12.2. The number of benzene rings is 1. The second-order valence-electron chi connectivity index (χ2n) is 9.07. The molecule has 2 bridgehead atoms.